The van der Waals surface area contributed by atoms with Gasteiger partial charge in [0.25, 0.3) is 11.6 Å². The Morgan fingerprint density at radius 2 is 1.86 bits per heavy atom. The molecule has 172 valence electrons. The van der Waals surface area contributed by atoms with Crippen molar-refractivity contribution in [2.45, 2.75) is 6.61 Å². The predicted molar refractivity (Wildman–Crippen MR) is 135 cm³/mol. The van der Waals surface area contributed by atoms with Crippen molar-refractivity contribution in [3.05, 3.63) is 117 Å². The van der Waals surface area contributed by atoms with Gasteiger partial charge in [-0.2, -0.15) is 5.26 Å². The molecule has 0 bridgehead atoms. The number of nitro groups is 1. The molecule has 0 atom stereocenters. The van der Waals surface area contributed by atoms with Gasteiger partial charge in [0.05, 0.1) is 4.92 Å². The largest absolute Gasteiger partial charge is 0.488 e. The van der Waals surface area contributed by atoms with Gasteiger partial charge in [0.1, 0.15) is 24.0 Å². The highest BCUT2D eigenvalue weighted by atomic mass is 35.5. The molecule has 35 heavy (non-hydrogen) atoms. The molecule has 7 nitrogen and oxygen atoms in total. The molecule has 0 radical (unpaired) electrons. The van der Waals surface area contributed by atoms with Crippen LogP contribution in [-0.2, 0) is 11.4 Å². The number of nitrogens with one attached hydrogen (secondary N) is 1. The number of rotatable bonds is 7. The zero-order chi connectivity index (χ0) is 24.8. The van der Waals surface area contributed by atoms with Crippen LogP contribution in [-0.4, -0.2) is 10.8 Å². The summed E-state index contributed by atoms with van der Waals surface area (Å²) in [6, 6.07) is 25.9. The maximum Gasteiger partial charge on any atom is 0.269 e. The minimum absolute atomic E-state index is 0.0332. The predicted octanol–water partition coefficient (Wildman–Crippen LogP) is 6.53. The molecule has 0 unspecified atom stereocenters. The van der Waals surface area contributed by atoms with Crippen molar-refractivity contribution in [1.82, 2.24) is 0 Å². The lowest BCUT2D eigenvalue weighted by Gasteiger charge is -2.13. The molecule has 0 fully saturated rings. The van der Waals surface area contributed by atoms with Crippen LogP contribution in [0, 0.1) is 21.4 Å². The highest BCUT2D eigenvalue weighted by Crippen LogP contribution is 2.31. The maximum atomic E-state index is 12.8. The number of carbonyl (C=O) groups is 1. The number of hydrogen-bond acceptors (Lipinski definition) is 5. The quantitative estimate of drug-likeness (QED) is 0.139. The van der Waals surface area contributed by atoms with E-state index in [0.29, 0.717) is 27.6 Å². The van der Waals surface area contributed by atoms with Crippen molar-refractivity contribution in [3.8, 4) is 11.8 Å². The molecule has 4 aromatic carbocycles. The fourth-order valence-electron chi connectivity index (χ4n) is 3.53. The molecular formula is C27H18ClN3O4. The van der Waals surface area contributed by atoms with Crippen molar-refractivity contribution >= 4 is 45.7 Å². The zero-order valence-corrected chi connectivity index (χ0v) is 19.0. The van der Waals surface area contributed by atoms with Gasteiger partial charge in [-0.1, -0.05) is 60.1 Å². The first-order valence-electron chi connectivity index (χ1n) is 10.5. The van der Waals surface area contributed by atoms with Crippen LogP contribution in [0.5, 0.6) is 5.75 Å². The first-order valence-corrected chi connectivity index (χ1v) is 10.9. The van der Waals surface area contributed by atoms with E-state index in [2.05, 4.69) is 5.32 Å². The summed E-state index contributed by atoms with van der Waals surface area (Å²) in [4.78, 5) is 23.4. The second kappa shape index (κ2) is 10.5. The van der Waals surface area contributed by atoms with Gasteiger partial charge < -0.3 is 10.1 Å². The topological polar surface area (TPSA) is 105 Å². The summed E-state index contributed by atoms with van der Waals surface area (Å²) >= 11 is 5.99. The van der Waals surface area contributed by atoms with Crippen molar-refractivity contribution in [1.29, 1.82) is 5.26 Å². The van der Waals surface area contributed by atoms with E-state index in [0.717, 1.165) is 10.8 Å². The SMILES string of the molecule is N#C/C(=C\c1c(OCc2cccc([N+](=O)[O-])c2)ccc2ccccc12)C(=O)Nc1cccc(Cl)c1. The van der Waals surface area contributed by atoms with Crippen LogP contribution in [0.3, 0.4) is 0 Å². The fourth-order valence-corrected chi connectivity index (χ4v) is 3.72. The summed E-state index contributed by atoms with van der Waals surface area (Å²) in [7, 11) is 0. The minimum atomic E-state index is -0.590. The Labute approximate surface area is 206 Å². The number of non-ortho nitro benzene ring substituents is 1. The Balaban J connectivity index is 1.69. The number of amides is 1. The van der Waals surface area contributed by atoms with E-state index >= 15 is 0 Å². The molecule has 0 aliphatic heterocycles. The molecule has 0 aliphatic carbocycles. The van der Waals surface area contributed by atoms with Gasteiger partial charge in [-0.15, -0.1) is 0 Å². The van der Waals surface area contributed by atoms with E-state index in [1.807, 2.05) is 36.4 Å². The van der Waals surface area contributed by atoms with Gasteiger partial charge in [0, 0.05) is 28.4 Å². The Bertz CT molecular complexity index is 1510. The van der Waals surface area contributed by atoms with E-state index in [9.17, 15) is 20.2 Å². The molecule has 1 amide bonds. The van der Waals surface area contributed by atoms with Crippen LogP contribution in [0.15, 0.2) is 90.5 Å². The van der Waals surface area contributed by atoms with Crippen molar-refractivity contribution in [2.75, 3.05) is 5.32 Å². The van der Waals surface area contributed by atoms with E-state index in [1.54, 1.807) is 42.5 Å². The maximum absolute atomic E-state index is 12.8. The number of hydrogen-bond donors (Lipinski definition) is 1. The van der Waals surface area contributed by atoms with Gasteiger partial charge in [-0.3, -0.25) is 14.9 Å². The lowest BCUT2D eigenvalue weighted by atomic mass is 10.0. The second-order valence-corrected chi connectivity index (χ2v) is 7.98. The first kappa shape index (κ1) is 23.5. The molecular weight excluding hydrogens is 466 g/mol. The van der Waals surface area contributed by atoms with E-state index in [4.69, 9.17) is 16.3 Å². The molecule has 0 saturated carbocycles. The molecule has 0 aliphatic rings. The standard InChI is InChI=1S/C27H18ClN3O4/c28-21-7-4-8-22(15-21)30-27(32)20(16-29)14-25-24-10-2-1-6-19(24)11-12-26(25)35-17-18-5-3-9-23(13-18)31(33)34/h1-15H,17H2,(H,30,32)/b20-14+. The van der Waals surface area contributed by atoms with E-state index < -0.39 is 10.8 Å². The molecule has 0 saturated heterocycles. The highest BCUT2D eigenvalue weighted by molar-refractivity contribution is 6.31. The van der Waals surface area contributed by atoms with Crippen LogP contribution in [0.25, 0.3) is 16.8 Å². The number of fused-ring (bicyclic) bond motifs is 1. The number of nitro benzene ring substituents is 1. The normalized spacial score (nSPS) is 11.0. The number of benzene rings is 4. The van der Waals surface area contributed by atoms with Gasteiger partial charge in [0.2, 0.25) is 0 Å². The van der Waals surface area contributed by atoms with Gasteiger partial charge in [-0.25, -0.2) is 0 Å². The molecule has 1 N–H and O–H groups in total. The summed E-state index contributed by atoms with van der Waals surface area (Å²) in [6.45, 7) is 0.0669. The molecule has 4 rings (SSSR count). The fraction of sp³-hybridized carbons (Fsp3) is 0.0370. The Morgan fingerprint density at radius 1 is 1.06 bits per heavy atom. The average molecular weight is 484 g/mol. The summed E-state index contributed by atoms with van der Waals surface area (Å²) < 4.78 is 6.00. The Morgan fingerprint density at radius 3 is 2.63 bits per heavy atom. The lowest BCUT2D eigenvalue weighted by Crippen LogP contribution is -2.13. The smallest absolute Gasteiger partial charge is 0.269 e. The zero-order valence-electron chi connectivity index (χ0n) is 18.3. The molecule has 0 aromatic heterocycles. The molecule has 8 heteroatoms. The second-order valence-electron chi connectivity index (χ2n) is 7.55. The molecule has 0 spiro atoms. The average Bonchev–Trinajstić information content (AvgIpc) is 2.86. The minimum Gasteiger partial charge on any atom is -0.488 e. The van der Waals surface area contributed by atoms with Crippen molar-refractivity contribution in [2.24, 2.45) is 0 Å². The van der Waals surface area contributed by atoms with Crippen molar-refractivity contribution < 1.29 is 14.5 Å². The third-order valence-electron chi connectivity index (χ3n) is 5.18. The number of carbonyl (C=O) groups excluding carboxylic acids is 1. The van der Waals surface area contributed by atoms with Crippen LogP contribution < -0.4 is 10.1 Å². The highest BCUT2D eigenvalue weighted by Gasteiger charge is 2.15. The third-order valence-corrected chi connectivity index (χ3v) is 5.42. The number of nitrogens with zero attached hydrogens (tertiary/aromatic N) is 2. The summed E-state index contributed by atoms with van der Waals surface area (Å²) in [5, 5.41) is 25.6. The lowest BCUT2D eigenvalue weighted by molar-refractivity contribution is -0.384. The Kier molecular flexibility index (Phi) is 7.05. The van der Waals surface area contributed by atoms with E-state index in [-0.39, 0.29) is 17.9 Å². The Hall–Kier alpha value is -4.67. The van der Waals surface area contributed by atoms with Gasteiger partial charge in [-0.05, 0) is 46.7 Å². The number of nitriles is 1. The van der Waals surface area contributed by atoms with Crippen LogP contribution in [0.1, 0.15) is 11.1 Å². The number of halogens is 1. The first-order chi connectivity index (χ1) is 16.9. The van der Waals surface area contributed by atoms with Crippen LogP contribution >= 0.6 is 11.6 Å². The molecule has 4 aromatic rings. The van der Waals surface area contributed by atoms with Crippen molar-refractivity contribution in [3.63, 3.8) is 0 Å². The monoisotopic (exact) mass is 483 g/mol. The van der Waals surface area contributed by atoms with Crippen LogP contribution in [0.2, 0.25) is 5.02 Å². The third kappa shape index (κ3) is 5.64. The van der Waals surface area contributed by atoms with Gasteiger partial charge >= 0.3 is 0 Å². The van der Waals surface area contributed by atoms with Gasteiger partial charge in [0.15, 0.2) is 0 Å². The summed E-state index contributed by atoms with van der Waals surface area (Å²) in [5.74, 6) is -0.161. The summed E-state index contributed by atoms with van der Waals surface area (Å²) in [6.07, 6.45) is 1.48. The van der Waals surface area contributed by atoms with Crippen LogP contribution in [0.4, 0.5) is 11.4 Å². The summed E-state index contributed by atoms with van der Waals surface area (Å²) in [5.41, 5.74) is 1.47. The number of anilines is 1. The molecule has 0 heterocycles. The van der Waals surface area contributed by atoms with E-state index in [1.165, 1.54) is 18.2 Å². The number of ether oxygens (including phenoxy) is 1.